The van der Waals surface area contributed by atoms with Gasteiger partial charge in [-0.25, -0.2) is 0 Å². The third-order valence-electron chi connectivity index (χ3n) is 5.16. The maximum absolute atomic E-state index is 13.1. The van der Waals surface area contributed by atoms with Crippen molar-refractivity contribution in [2.75, 3.05) is 5.32 Å². The number of aryl methyl sites for hydroxylation is 1. The molecule has 0 fully saturated rings. The fourth-order valence-corrected chi connectivity index (χ4v) is 3.62. The fourth-order valence-electron chi connectivity index (χ4n) is 3.62. The van der Waals surface area contributed by atoms with Crippen LogP contribution in [-0.2, 0) is 19.9 Å². The van der Waals surface area contributed by atoms with Crippen LogP contribution >= 0.6 is 0 Å². The van der Waals surface area contributed by atoms with Crippen molar-refractivity contribution in [1.82, 2.24) is 14.3 Å². The monoisotopic (exact) mass is 448 g/mol. The molecule has 3 aromatic rings. The Morgan fingerprint density at radius 1 is 1.12 bits per heavy atom. The molecule has 0 saturated carbocycles. The predicted octanol–water partition coefficient (Wildman–Crippen LogP) is 2.42. The Morgan fingerprint density at radius 2 is 1.84 bits per heavy atom. The number of ether oxygens (including phenoxy) is 1. The molecule has 0 spiro atoms. The number of pyridine rings is 1. The van der Waals surface area contributed by atoms with Gasteiger partial charge in [0.05, 0.1) is 11.8 Å². The summed E-state index contributed by atoms with van der Waals surface area (Å²) >= 11 is 0. The van der Waals surface area contributed by atoms with Gasteiger partial charge in [-0.05, 0) is 49.2 Å². The minimum Gasteiger partial charge on any atom is -0.406 e. The van der Waals surface area contributed by atoms with E-state index in [1.165, 1.54) is 16.7 Å². The summed E-state index contributed by atoms with van der Waals surface area (Å²) in [5.74, 6) is -0.167. The van der Waals surface area contributed by atoms with Crippen molar-refractivity contribution < 1.29 is 23.0 Å². The summed E-state index contributed by atoms with van der Waals surface area (Å²) in [6.45, 7) is 0. The van der Waals surface area contributed by atoms with Crippen LogP contribution in [0.1, 0.15) is 17.5 Å². The highest BCUT2D eigenvalue weighted by atomic mass is 19.4. The second-order valence-corrected chi connectivity index (χ2v) is 7.42. The van der Waals surface area contributed by atoms with Crippen molar-refractivity contribution in [2.24, 2.45) is 7.05 Å². The lowest BCUT2D eigenvalue weighted by Gasteiger charge is -2.23. The molecule has 4 rings (SSSR count). The molecule has 11 heteroatoms. The lowest BCUT2D eigenvalue weighted by atomic mass is 9.91. The number of nitrogens with zero attached hydrogens (tertiary/aromatic N) is 3. The first kappa shape index (κ1) is 21.6. The highest BCUT2D eigenvalue weighted by molar-refractivity contribution is 5.60. The standard InChI is InChI=1S/C21H19F3N4O4/c1-27-10-2-3-17(20(27)31)25-18-15-9-6-13(29)11-16(15)19(30)28(26-18)12-4-7-14(8-5-12)32-21(22,23)24/h2-5,7-8,10,13,29H,6,9,11H2,1H3,(H,25,26). The highest BCUT2D eigenvalue weighted by Crippen LogP contribution is 2.27. The summed E-state index contributed by atoms with van der Waals surface area (Å²) in [5.41, 5.74) is 0.593. The van der Waals surface area contributed by atoms with Gasteiger partial charge in [0.25, 0.3) is 11.1 Å². The van der Waals surface area contributed by atoms with Crippen LogP contribution in [0.15, 0.2) is 52.2 Å². The topological polar surface area (TPSA) is 98.4 Å². The number of benzene rings is 1. The maximum atomic E-state index is 13.1. The zero-order valence-electron chi connectivity index (χ0n) is 16.9. The maximum Gasteiger partial charge on any atom is 0.573 e. The molecular weight excluding hydrogens is 429 g/mol. The number of alkyl halides is 3. The third-order valence-corrected chi connectivity index (χ3v) is 5.16. The molecule has 168 valence electrons. The van der Waals surface area contributed by atoms with Gasteiger partial charge in [0.15, 0.2) is 5.82 Å². The molecule has 1 aliphatic carbocycles. The van der Waals surface area contributed by atoms with Gasteiger partial charge in [-0.15, -0.1) is 18.3 Å². The molecule has 0 aliphatic heterocycles. The van der Waals surface area contributed by atoms with Crippen LogP contribution in [0.3, 0.4) is 0 Å². The van der Waals surface area contributed by atoms with E-state index in [4.69, 9.17) is 0 Å². The van der Waals surface area contributed by atoms with Crippen LogP contribution in [0.2, 0.25) is 0 Å². The van der Waals surface area contributed by atoms with Gasteiger partial charge >= 0.3 is 6.36 Å². The Labute approximate surface area is 179 Å². The highest BCUT2D eigenvalue weighted by Gasteiger charge is 2.31. The zero-order chi connectivity index (χ0) is 23.0. The average Bonchev–Trinajstić information content (AvgIpc) is 2.73. The Balaban J connectivity index is 1.80. The number of nitrogens with one attached hydrogen (secondary N) is 1. The van der Waals surface area contributed by atoms with E-state index >= 15 is 0 Å². The molecule has 2 aromatic heterocycles. The molecule has 32 heavy (non-hydrogen) atoms. The number of aliphatic hydroxyl groups is 1. The van der Waals surface area contributed by atoms with E-state index in [0.29, 0.717) is 24.0 Å². The largest absolute Gasteiger partial charge is 0.573 e. The van der Waals surface area contributed by atoms with Crippen molar-refractivity contribution in [2.45, 2.75) is 31.7 Å². The van der Waals surface area contributed by atoms with Gasteiger partial charge in [0, 0.05) is 30.8 Å². The van der Waals surface area contributed by atoms with E-state index in [2.05, 4.69) is 15.2 Å². The van der Waals surface area contributed by atoms with Gasteiger partial charge in [0.1, 0.15) is 11.4 Å². The fraction of sp³-hybridized carbons (Fsp3) is 0.286. The van der Waals surface area contributed by atoms with Gasteiger partial charge < -0.3 is 19.7 Å². The molecule has 0 amide bonds. The van der Waals surface area contributed by atoms with Crippen molar-refractivity contribution >= 4 is 11.5 Å². The summed E-state index contributed by atoms with van der Waals surface area (Å²) in [6.07, 6.45) is -3.02. The van der Waals surface area contributed by atoms with Gasteiger partial charge in [-0.3, -0.25) is 9.59 Å². The molecule has 1 aliphatic rings. The number of hydrogen-bond acceptors (Lipinski definition) is 6. The smallest absolute Gasteiger partial charge is 0.406 e. The van der Waals surface area contributed by atoms with Crippen LogP contribution in [0.25, 0.3) is 5.69 Å². The van der Waals surface area contributed by atoms with E-state index in [1.54, 1.807) is 25.4 Å². The number of fused-ring (bicyclic) bond motifs is 1. The lowest BCUT2D eigenvalue weighted by Crippen LogP contribution is -2.33. The van der Waals surface area contributed by atoms with E-state index < -0.39 is 23.8 Å². The van der Waals surface area contributed by atoms with Crippen LogP contribution < -0.4 is 21.2 Å². The van der Waals surface area contributed by atoms with Crippen molar-refractivity contribution in [1.29, 1.82) is 0 Å². The van der Waals surface area contributed by atoms with Gasteiger partial charge in [0.2, 0.25) is 0 Å². The van der Waals surface area contributed by atoms with Gasteiger partial charge in [-0.1, -0.05) is 0 Å². The first-order valence-electron chi connectivity index (χ1n) is 9.74. The second-order valence-electron chi connectivity index (χ2n) is 7.42. The molecule has 0 radical (unpaired) electrons. The summed E-state index contributed by atoms with van der Waals surface area (Å²) in [4.78, 5) is 25.5. The average molecular weight is 448 g/mol. The van der Waals surface area contributed by atoms with Crippen LogP contribution in [0, 0.1) is 0 Å². The van der Waals surface area contributed by atoms with Crippen LogP contribution in [0.4, 0.5) is 24.7 Å². The molecule has 8 nitrogen and oxygen atoms in total. The summed E-state index contributed by atoms with van der Waals surface area (Å²) in [6, 6.07) is 7.94. The normalized spacial score (nSPS) is 15.8. The SMILES string of the molecule is Cn1cccc(Nc2nn(-c3ccc(OC(F)(F)F)cc3)c(=O)c3c2CCC(O)C3)c1=O. The number of hydrogen-bond donors (Lipinski definition) is 2. The minimum absolute atomic E-state index is 0.105. The van der Waals surface area contributed by atoms with E-state index in [1.807, 2.05) is 0 Å². The molecule has 2 N–H and O–H groups in total. The first-order valence-corrected chi connectivity index (χ1v) is 9.74. The molecule has 2 heterocycles. The molecule has 0 bridgehead atoms. The zero-order valence-corrected chi connectivity index (χ0v) is 16.9. The van der Waals surface area contributed by atoms with Crippen LogP contribution in [-0.4, -0.2) is 31.9 Å². The Hall–Kier alpha value is -3.60. The third kappa shape index (κ3) is 4.37. The first-order chi connectivity index (χ1) is 15.1. The molecule has 1 atom stereocenters. The summed E-state index contributed by atoms with van der Waals surface area (Å²) < 4.78 is 43.6. The Bertz CT molecular complexity index is 1270. The number of anilines is 2. The number of halogens is 3. The molecular formula is C21H19F3N4O4. The Morgan fingerprint density at radius 3 is 2.53 bits per heavy atom. The molecule has 1 aromatic carbocycles. The van der Waals surface area contributed by atoms with E-state index in [9.17, 15) is 27.9 Å². The van der Waals surface area contributed by atoms with Crippen molar-refractivity contribution in [3.63, 3.8) is 0 Å². The number of aromatic nitrogens is 3. The number of aliphatic hydroxyl groups excluding tert-OH is 1. The minimum atomic E-state index is -4.84. The summed E-state index contributed by atoms with van der Waals surface area (Å²) in [7, 11) is 1.60. The lowest BCUT2D eigenvalue weighted by molar-refractivity contribution is -0.274. The van der Waals surface area contributed by atoms with E-state index in [0.717, 1.165) is 16.8 Å². The summed E-state index contributed by atoms with van der Waals surface area (Å²) in [5, 5.41) is 17.4. The Kier molecular flexibility index (Phi) is 5.51. The number of rotatable bonds is 4. The molecule has 1 unspecified atom stereocenters. The van der Waals surface area contributed by atoms with Crippen molar-refractivity contribution in [3.8, 4) is 11.4 Å². The van der Waals surface area contributed by atoms with E-state index in [-0.39, 0.29) is 29.2 Å². The van der Waals surface area contributed by atoms with Crippen molar-refractivity contribution in [3.05, 3.63) is 74.4 Å². The second kappa shape index (κ2) is 8.15. The quantitative estimate of drug-likeness (QED) is 0.636. The van der Waals surface area contributed by atoms with Gasteiger partial charge in [-0.2, -0.15) is 4.68 Å². The van der Waals surface area contributed by atoms with Crippen LogP contribution in [0.5, 0.6) is 5.75 Å². The predicted molar refractivity (Wildman–Crippen MR) is 110 cm³/mol. The molecule has 0 saturated heterocycles.